The summed E-state index contributed by atoms with van der Waals surface area (Å²) < 4.78 is 5.69. The van der Waals surface area contributed by atoms with E-state index < -0.39 is 0 Å². The second-order valence-electron chi connectivity index (χ2n) is 5.31. The first-order valence-electron chi connectivity index (χ1n) is 5.35. The number of nitrogens with zero attached hydrogens (tertiary/aromatic N) is 1. The van der Waals surface area contributed by atoms with E-state index in [0.717, 1.165) is 24.0 Å². The zero-order valence-corrected chi connectivity index (χ0v) is 9.92. The van der Waals surface area contributed by atoms with Crippen LogP contribution in [0.5, 0.6) is 0 Å². The molecule has 0 aromatic carbocycles. The second-order valence-corrected chi connectivity index (χ2v) is 5.31. The fraction of sp³-hybridized carbons (Fsp3) is 0.750. The van der Waals surface area contributed by atoms with Crippen molar-refractivity contribution >= 4 is 0 Å². The zero-order chi connectivity index (χ0) is 10.8. The van der Waals surface area contributed by atoms with E-state index in [0.29, 0.717) is 0 Å². The lowest BCUT2D eigenvalue weighted by molar-refractivity contribution is 0.366. The second kappa shape index (κ2) is 4.16. The van der Waals surface area contributed by atoms with Gasteiger partial charge in [0.25, 0.3) is 0 Å². The zero-order valence-electron chi connectivity index (χ0n) is 9.92. The van der Waals surface area contributed by atoms with Crippen LogP contribution in [0.2, 0.25) is 0 Å². The monoisotopic (exact) mass is 195 g/mol. The fourth-order valence-corrected chi connectivity index (χ4v) is 1.20. The molecule has 0 saturated heterocycles. The van der Waals surface area contributed by atoms with E-state index in [4.69, 9.17) is 4.42 Å². The van der Waals surface area contributed by atoms with Crippen molar-refractivity contribution in [3.63, 3.8) is 0 Å². The van der Waals surface area contributed by atoms with Gasteiger partial charge in [-0.25, -0.2) is 4.98 Å². The summed E-state index contributed by atoms with van der Waals surface area (Å²) in [6.45, 7) is 10.8. The maximum absolute atomic E-state index is 5.69. The molecule has 14 heavy (non-hydrogen) atoms. The van der Waals surface area contributed by atoms with Gasteiger partial charge in [-0.3, -0.25) is 0 Å². The van der Waals surface area contributed by atoms with Gasteiger partial charge in [0, 0.05) is 11.8 Å². The van der Waals surface area contributed by atoms with Gasteiger partial charge in [0.15, 0.2) is 5.89 Å². The van der Waals surface area contributed by atoms with Crippen LogP contribution in [0.25, 0.3) is 0 Å². The van der Waals surface area contributed by atoms with Crippen LogP contribution < -0.4 is 0 Å². The molecule has 2 nitrogen and oxygen atoms in total. The van der Waals surface area contributed by atoms with Crippen molar-refractivity contribution in [2.24, 2.45) is 5.92 Å². The number of oxazole rings is 1. The van der Waals surface area contributed by atoms with E-state index in [-0.39, 0.29) is 5.41 Å². The van der Waals surface area contributed by atoms with Crippen LogP contribution in [0.1, 0.15) is 52.7 Å². The SMILES string of the molecule is CC(C)CCc1cnc(C(C)(C)C)o1. The molecule has 1 rings (SSSR count). The van der Waals surface area contributed by atoms with Crippen LogP contribution in [0.4, 0.5) is 0 Å². The Balaban J connectivity index is 2.60. The molecule has 0 fully saturated rings. The quantitative estimate of drug-likeness (QED) is 0.737. The Morgan fingerprint density at radius 3 is 2.43 bits per heavy atom. The maximum Gasteiger partial charge on any atom is 0.199 e. The molecule has 1 aromatic rings. The lowest BCUT2D eigenvalue weighted by Gasteiger charge is -2.12. The largest absolute Gasteiger partial charge is 0.445 e. The highest BCUT2D eigenvalue weighted by Crippen LogP contribution is 2.22. The Kier molecular flexibility index (Phi) is 3.35. The number of rotatable bonds is 3. The normalized spacial score (nSPS) is 12.4. The molecule has 80 valence electrons. The number of hydrogen-bond acceptors (Lipinski definition) is 2. The molecule has 1 aromatic heterocycles. The molecule has 0 aliphatic carbocycles. The summed E-state index contributed by atoms with van der Waals surface area (Å²) in [6.07, 6.45) is 4.03. The molecule has 0 aliphatic heterocycles. The van der Waals surface area contributed by atoms with Gasteiger partial charge in [-0.1, -0.05) is 34.6 Å². The molecular formula is C12H21NO. The van der Waals surface area contributed by atoms with Gasteiger partial charge in [-0.15, -0.1) is 0 Å². The third-order valence-corrected chi connectivity index (χ3v) is 2.16. The Hall–Kier alpha value is -0.790. The first-order valence-corrected chi connectivity index (χ1v) is 5.35. The third kappa shape index (κ3) is 3.17. The molecule has 0 radical (unpaired) electrons. The molecular weight excluding hydrogens is 174 g/mol. The predicted octanol–water partition coefficient (Wildman–Crippen LogP) is 3.56. The highest BCUT2D eigenvalue weighted by molar-refractivity contribution is 5.02. The van der Waals surface area contributed by atoms with Crippen molar-refractivity contribution in [2.45, 2.75) is 52.9 Å². The average molecular weight is 195 g/mol. The van der Waals surface area contributed by atoms with Gasteiger partial charge in [0.1, 0.15) is 5.76 Å². The van der Waals surface area contributed by atoms with Gasteiger partial charge in [0.2, 0.25) is 0 Å². The Bertz CT molecular complexity index is 281. The minimum Gasteiger partial charge on any atom is -0.445 e. The Morgan fingerprint density at radius 2 is 2.00 bits per heavy atom. The van der Waals surface area contributed by atoms with Crippen LogP contribution in [0.15, 0.2) is 10.6 Å². The van der Waals surface area contributed by atoms with E-state index in [1.807, 2.05) is 6.20 Å². The van der Waals surface area contributed by atoms with E-state index in [2.05, 4.69) is 39.6 Å². The van der Waals surface area contributed by atoms with Crippen LogP contribution in [0, 0.1) is 5.92 Å². The minimum atomic E-state index is 0.0239. The highest BCUT2D eigenvalue weighted by atomic mass is 16.4. The van der Waals surface area contributed by atoms with Crippen molar-refractivity contribution < 1.29 is 4.42 Å². The summed E-state index contributed by atoms with van der Waals surface area (Å²) in [6, 6.07) is 0. The van der Waals surface area contributed by atoms with Crippen LogP contribution in [0.3, 0.4) is 0 Å². The van der Waals surface area contributed by atoms with Gasteiger partial charge in [-0.2, -0.15) is 0 Å². The number of aryl methyl sites for hydroxylation is 1. The molecule has 0 aliphatic rings. The lowest BCUT2D eigenvalue weighted by atomic mass is 9.97. The summed E-state index contributed by atoms with van der Waals surface area (Å²) >= 11 is 0. The summed E-state index contributed by atoms with van der Waals surface area (Å²) in [5.74, 6) is 2.58. The fourth-order valence-electron chi connectivity index (χ4n) is 1.20. The van der Waals surface area contributed by atoms with Gasteiger partial charge < -0.3 is 4.42 Å². The van der Waals surface area contributed by atoms with Crippen LogP contribution in [-0.2, 0) is 11.8 Å². The molecule has 0 unspecified atom stereocenters. The molecule has 0 atom stereocenters. The van der Waals surface area contributed by atoms with Gasteiger partial charge >= 0.3 is 0 Å². The van der Waals surface area contributed by atoms with Crippen molar-refractivity contribution in [3.05, 3.63) is 17.8 Å². The van der Waals surface area contributed by atoms with Crippen molar-refractivity contribution in [3.8, 4) is 0 Å². The summed E-state index contributed by atoms with van der Waals surface area (Å²) in [5, 5.41) is 0. The molecule has 2 heteroatoms. The summed E-state index contributed by atoms with van der Waals surface area (Å²) in [4.78, 5) is 4.30. The maximum atomic E-state index is 5.69. The van der Waals surface area contributed by atoms with Crippen molar-refractivity contribution in [2.75, 3.05) is 0 Å². The van der Waals surface area contributed by atoms with Crippen LogP contribution in [-0.4, -0.2) is 4.98 Å². The van der Waals surface area contributed by atoms with Gasteiger partial charge in [0.05, 0.1) is 6.20 Å². The molecule has 0 saturated carbocycles. The molecule has 0 bridgehead atoms. The van der Waals surface area contributed by atoms with Crippen molar-refractivity contribution in [1.82, 2.24) is 4.98 Å². The standard InChI is InChI=1S/C12H21NO/c1-9(2)6-7-10-8-13-11(14-10)12(3,4)5/h8-9H,6-7H2,1-5H3. The van der Waals surface area contributed by atoms with E-state index in [9.17, 15) is 0 Å². The van der Waals surface area contributed by atoms with E-state index in [1.165, 1.54) is 6.42 Å². The molecule has 0 N–H and O–H groups in total. The van der Waals surface area contributed by atoms with E-state index in [1.54, 1.807) is 0 Å². The molecule has 0 amide bonds. The first kappa shape index (κ1) is 11.3. The number of hydrogen-bond donors (Lipinski definition) is 0. The minimum absolute atomic E-state index is 0.0239. The predicted molar refractivity (Wildman–Crippen MR) is 58.4 cm³/mol. The Labute approximate surface area is 86.7 Å². The first-order chi connectivity index (χ1) is 6.39. The van der Waals surface area contributed by atoms with Crippen LogP contribution >= 0.6 is 0 Å². The smallest absolute Gasteiger partial charge is 0.199 e. The summed E-state index contributed by atoms with van der Waals surface area (Å²) in [7, 11) is 0. The highest BCUT2D eigenvalue weighted by Gasteiger charge is 2.19. The third-order valence-electron chi connectivity index (χ3n) is 2.16. The van der Waals surface area contributed by atoms with E-state index >= 15 is 0 Å². The van der Waals surface area contributed by atoms with Gasteiger partial charge in [-0.05, 0) is 12.3 Å². The summed E-state index contributed by atoms with van der Waals surface area (Å²) in [5.41, 5.74) is 0.0239. The topological polar surface area (TPSA) is 26.0 Å². The average Bonchev–Trinajstić information content (AvgIpc) is 2.47. The molecule has 0 spiro atoms. The van der Waals surface area contributed by atoms with Crippen molar-refractivity contribution in [1.29, 1.82) is 0 Å². The molecule has 1 heterocycles. The lowest BCUT2D eigenvalue weighted by Crippen LogP contribution is -2.10. The Morgan fingerprint density at radius 1 is 1.36 bits per heavy atom. The number of aromatic nitrogens is 1.